The van der Waals surface area contributed by atoms with E-state index in [0.717, 1.165) is 19.3 Å². The Morgan fingerprint density at radius 3 is 2.41 bits per heavy atom. The van der Waals surface area contributed by atoms with Gasteiger partial charge in [0.05, 0.1) is 5.60 Å². The van der Waals surface area contributed by atoms with Crippen LogP contribution < -0.4 is 0 Å². The molecule has 17 heavy (non-hydrogen) atoms. The molecule has 1 spiro atoms. The summed E-state index contributed by atoms with van der Waals surface area (Å²) in [4.78, 5) is 0. The molecule has 3 aliphatic carbocycles. The SMILES string of the molecule is CC1(C)[C@H]2C[C@@]3(CC[C@@]2(C)O)[C@H](CO)CC[C@@H]13. The van der Waals surface area contributed by atoms with Crippen molar-refractivity contribution in [2.75, 3.05) is 6.61 Å². The molecule has 0 amide bonds. The lowest BCUT2D eigenvalue weighted by molar-refractivity contribution is -0.0753. The minimum absolute atomic E-state index is 0.240. The topological polar surface area (TPSA) is 40.5 Å². The Hall–Kier alpha value is -0.0800. The van der Waals surface area contributed by atoms with Gasteiger partial charge in [-0.1, -0.05) is 13.8 Å². The number of aliphatic hydroxyl groups is 2. The lowest BCUT2D eigenvalue weighted by Gasteiger charge is -2.44. The summed E-state index contributed by atoms with van der Waals surface area (Å²) in [5.74, 6) is 1.63. The van der Waals surface area contributed by atoms with E-state index in [4.69, 9.17) is 0 Å². The van der Waals surface area contributed by atoms with Crippen molar-refractivity contribution in [3.8, 4) is 0 Å². The van der Waals surface area contributed by atoms with Crippen molar-refractivity contribution in [2.24, 2.45) is 28.6 Å². The summed E-state index contributed by atoms with van der Waals surface area (Å²) in [6.45, 7) is 7.08. The molecule has 0 unspecified atom stereocenters. The van der Waals surface area contributed by atoms with Crippen LogP contribution in [0, 0.1) is 28.6 Å². The molecule has 2 heteroatoms. The van der Waals surface area contributed by atoms with Crippen molar-refractivity contribution in [3.05, 3.63) is 0 Å². The molecule has 3 aliphatic rings. The molecule has 0 aromatic carbocycles. The summed E-state index contributed by atoms with van der Waals surface area (Å²) in [5, 5.41) is 20.3. The number of fused-ring (bicyclic) bond motifs is 1. The maximum Gasteiger partial charge on any atom is 0.0653 e. The van der Waals surface area contributed by atoms with Crippen molar-refractivity contribution in [1.82, 2.24) is 0 Å². The molecule has 0 aromatic rings. The first-order valence-corrected chi connectivity index (χ1v) is 7.18. The Kier molecular flexibility index (Phi) is 2.30. The third-order valence-electron chi connectivity index (χ3n) is 6.76. The van der Waals surface area contributed by atoms with Crippen LogP contribution in [0.25, 0.3) is 0 Å². The molecule has 0 heterocycles. The molecule has 2 nitrogen and oxygen atoms in total. The van der Waals surface area contributed by atoms with Crippen LogP contribution in [0.2, 0.25) is 0 Å². The van der Waals surface area contributed by atoms with E-state index in [1.54, 1.807) is 0 Å². The molecule has 5 atom stereocenters. The Bertz CT molecular complexity index is 334. The van der Waals surface area contributed by atoms with Crippen LogP contribution in [0.15, 0.2) is 0 Å². The molecule has 98 valence electrons. The molecular formula is C15H26O2. The molecule has 2 N–H and O–H groups in total. The van der Waals surface area contributed by atoms with Gasteiger partial charge in [-0.25, -0.2) is 0 Å². The van der Waals surface area contributed by atoms with Crippen LogP contribution in [0.3, 0.4) is 0 Å². The Balaban J connectivity index is 2.04. The minimum Gasteiger partial charge on any atom is -0.396 e. The smallest absolute Gasteiger partial charge is 0.0653 e. The molecule has 3 rings (SSSR count). The Labute approximate surface area is 104 Å². The highest BCUT2D eigenvalue weighted by atomic mass is 16.3. The highest BCUT2D eigenvalue weighted by molar-refractivity contribution is 5.17. The number of rotatable bonds is 1. The zero-order valence-corrected chi connectivity index (χ0v) is 11.4. The Morgan fingerprint density at radius 2 is 1.76 bits per heavy atom. The van der Waals surface area contributed by atoms with Gasteiger partial charge >= 0.3 is 0 Å². The third-order valence-corrected chi connectivity index (χ3v) is 6.76. The lowest BCUT2D eigenvalue weighted by atomic mass is 9.64. The zero-order chi connectivity index (χ0) is 12.5. The second-order valence-electron chi connectivity index (χ2n) is 7.68. The average molecular weight is 238 g/mol. The van der Waals surface area contributed by atoms with Gasteiger partial charge in [-0.15, -0.1) is 0 Å². The largest absolute Gasteiger partial charge is 0.396 e. The molecule has 0 saturated heterocycles. The average Bonchev–Trinajstić information content (AvgIpc) is 2.69. The minimum atomic E-state index is -0.487. The normalized spacial score (nSPS) is 55.9. The van der Waals surface area contributed by atoms with Gasteiger partial charge in [-0.05, 0) is 67.6 Å². The number of hydrogen-bond acceptors (Lipinski definition) is 2. The second-order valence-corrected chi connectivity index (χ2v) is 7.68. The van der Waals surface area contributed by atoms with Crippen LogP contribution >= 0.6 is 0 Å². The molecule has 0 aliphatic heterocycles. The summed E-state index contributed by atoms with van der Waals surface area (Å²) >= 11 is 0. The molecule has 0 radical (unpaired) electrons. The van der Waals surface area contributed by atoms with Crippen LogP contribution in [-0.4, -0.2) is 22.4 Å². The van der Waals surface area contributed by atoms with E-state index in [2.05, 4.69) is 13.8 Å². The second kappa shape index (κ2) is 3.27. The van der Waals surface area contributed by atoms with Gasteiger partial charge in [0, 0.05) is 6.61 Å². The maximum atomic E-state index is 10.6. The van der Waals surface area contributed by atoms with Crippen molar-refractivity contribution >= 4 is 0 Å². The number of hydrogen-bond donors (Lipinski definition) is 2. The predicted octanol–water partition coefficient (Wildman–Crippen LogP) is 2.58. The third kappa shape index (κ3) is 1.29. The zero-order valence-electron chi connectivity index (χ0n) is 11.4. The van der Waals surface area contributed by atoms with E-state index >= 15 is 0 Å². The van der Waals surface area contributed by atoms with Crippen molar-refractivity contribution < 1.29 is 10.2 Å². The molecule has 0 aromatic heterocycles. The van der Waals surface area contributed by atoms with Crippen molar-refractivity contribution in [1.29, 1.82) is 0 Å². The summed E-state index contributed by atoms with van der Waals surface area (Å²) in [7, 11) is 0. The molecular weight excluding hydrogens is 212 g/mol. The first-order chi connectivity index (χ1) is 7.84. The monoisotopic (exact) mass is 238 g/mol. The van der Waals surface area contributed by atoms with E-state index in [9.17, 15) is 10.2 Å². The lowest BCUT2D eigenvalue weighted by Crippen LogP contribution is -2.44. The highest BCUT2D eigenvalue weighted by Gasteiger charge is 2.68. The van der Waals surface area contributed by atoms with E-state index in [-0.39, 0.29) is 5.41 Å². The highest BCUT2D eigenvalue weighted by Crippen LogP contribution is 2.73. The van der Waals surface area contributed by atoms with Crippen molar-refractivity contribution in [3.63, 3.8) is 0 Å². The van der Waals surface area contributed by atoms with Gasteiger partial charge in [-0.3, -0.25) is 0 Å². The standard InChI is InChI=1S/C15H26O2/c1-13(2)11-5-4-10(9-16)15(11)7-6-14(3,17)12(13)8-15/h10-12,16-17H,4-9H2,1-3H3/t10-,11-,12+,14+,15-/m0/s1. The fourth-order valence-electron chi connectivity index (χ4n) is 5.97. The summed E-state index contributed by atoms with van der Waals surface area (Å²) in [6, 6.07) is 0. The van der Waals surface area contributed by atoms with Crippen LogP contribution in [-0.2, 0) is 0 Å². The van der Waals surface area contributed by atoms with Gasteiger partial charge < -0.3 is 10.2 Å². The van der Waals surface area contributed by atoms with Crippen LogP contribution in [0.4, 0.5) is 0 Å². The first kappa shape index (κ1) is 12.0. The summed E-state index contributed by atoms with van der Waals surface area (Å²) in [5.41, 5.74) is 0.105. The molecule has 2 bridgehead atoms. The molecule has 3 fully saturated rings. The van der Waals surface area contributed by atoms with E-state index in [1.807, 2.05) is 6.92 Å². The maximum absolute atomic E-state index is 10.6. The molecule has 3 saturated carbocycles. The van der Waals surface area contributed by atoms with Gasteiger partial charge in [0.15, 0.2) is 0 Å². The van der Waals surface area contributed by atoms with Gasteiger partial charge in [-0.2, -0.15) is 0 Å². The van der Waals surface area contributed by atoms with E-state index in [1.165, 1.54) is 12.8 Å². The van der Waals surface area contributed by atoms with Gasteiger partial charge in [0.2, 0.25) is 0 Å². The predicted molar refractivity (Wildman–Crippen MR) is 67.5 cm³/mol. The Morgan fingerprint density at radius 1 is 1.06 bits per heavy atom. The quantitative estimate of drug-likeness (QED) is 0.737. The fourth-order valence-corrected chi connectivity index (χ4v) is 5.97. The van der Waals surface area contributed by atoms with Gasteiger partial charge in [0.25, 0.3) is 0 Å². The van der Waals surface area contributed by atoms with Gasteiger partial charge in [0.1, 0.15) is 0 Å². The van der Waals surface area contributed by atoms with Crippen LogP contribution in [0.5, 0.6) is 0 Å². The van der Waals surface area contributed by atoms with E-state index in [0.29, 0.717) is 29.8 Å². The summed E-state index contributed by atoms with van der Waals surface area (Å²) < 4.78 is 0. The summed E-state index contributed by atoms with van der Waals surface area (Å²) in [6.07, 6.45) is 5.64. The number of aliphatic hydroxyl groups excluding tert-OH is 1. The van der Waals surface area contributed by atoms with Crippen molar-refractivity contribution in [2.45, 2.75) is 58.5 Å². The fraction of sp³-hybridized carbons (Fsp3) is 1.00. The first-order valence-electron chi connectivity index (χ1n) is 7.18. The van der Waals surface area contributed by atoms with Crippen LogP contribution in [0.1, 0.15) is 52.9 Å². The van der Waals surface area contributed by atoms with E-state index < -0.39 is 5.60 Å².